The van der Waals surface area contributed by atoms with Crippen LogP contribution in [0, 0.1) is 5.82 Å². The molecule has 0 aliphatic carbocycles. The highest BCUT2D eigenvalue weighted by molar-refractivity contribution is 5.94. The molecule has 1 aliphatic heterocycles. The molecule has 1 amide bonds. The summed E-state index contributed by atoms with van der Waals surface area (Å²) in [7, 11) is 0. The van der Waals surface area contributed by atoms with E-state index in [0.29, 0.717) is 13.1 Å². The predicted molar refractivity (Wildman–Crippen MR) is 59.8 cm³/mol. The van der Waals surface area contributed by atoms with Crippen LogP contribution < -0.4 is 5.32 Å². The SMILES string of the molecule is C[C@@H]1CN(C(=O)c2ccccc2F)CCN1. The molecule has 86 valence electrons. The highest BCUT2D eigenvalue weighted by Gasteiger charge is 2.23. The summed E-state index contributed by atoms with van der Waals surface area (Å²) in [6.45, 7) is 4.05. The molecule has 1 fully saturated rings. The van der Waals surface area contributed by atoms with Gasteiger partial charge in [-0.1, -0.05) is 12.1 Å². The second kappa shape index (κ2) is 4.61. The first-order valence-electron chi connectivity index (χ1n) is 5.45. The lowest BCUT2D eigenvalue weighted by molar-refractivity contribution is 0.0704. The third-order valence-electron chi connectivity index (χ3n) is 2.76. The van der Waals surface area contributed by atoms with E-state index >= 15 is 0 Å². The van der Waals surface area contributed by atoms with Gasteiger partial charge in [0.25, 0.3) is 5.91 Å². The van der Waals surface area contributed by atoms with Gasteiger partial charge in [-0.3, -0.25) is 4.79 Å². The number of benzene rings is 1. The smallest absolute Gasteiger partial charge is 0.256 e. The van der Waals surface area contributed by atoms with Crippen LogP contribution in [0.1, 0.15) is 17.3 Å². The fraction of sp³-hybridized carbons (Fsp3) is 0.417. The molecule has 4 heteroatoms. The van der Waals surface area contributed by atoms with Crippen molar-refractivity contribution in [3.05, 3.63) is 35.6 Å². The molecule has 1 aromatic rings. The molecule has 0 spiro atoms. The van der Waals surface area contributed by atoms with E-state index in [1.807, 2.05) is 6.92 Å². The van der Waals surface area contributed by atoms with Crippen LogP contribution in [0.2, 0.25) is 0 Å². The Kier molecular flexibility index (Phi) is 3.19. The average molecular weight is 222 g/mol. The van der Waals surface area contributed by atoms with Crippen molar-refractivity contribution >= 4 is 5.91 Å². The highest BCUT2D eigenvalue weighted by Crippen LogP contribution is 2.11. The van der Waals surface area contributed by atoms with Gasteiger partial charge in [-0.15, -0.1) is 0 Å². The number of carbonyl (C=O) groups excluding carboxylic acids is 1. The normalized spacial score (nSPS) is 20.9. The van der Waals surface area contributed by atoms with E-state index in [9.17, 15) is 9.18 Å². The molecular weight excluding hydrogens is 207 g/mol. The van der Waals surface area contributed by atoms with Crippen molar-refractivity contribution in [3.63, 3.8) is 0 Å². The zero-order valence-electron chi connectivity index (χ0n) is 9.24. The van der Waals surface area contributed by atoms with E-state index in [0.717, 1.165) is 6.54 Å². The minimum absolute atomic E-state index is 0.164. The van der Waals surface area contributed by atoms with Crippen molar-refractivity contribution in [3.8, 4) is 0 Å². The highest BCUT2D eigenvalue weighted by atomic mass is 19.1. The van der Waals surface area contributed by atoms with Gasteiger partial charge in [0.1, 0.15) is 5.82 Å². The molecule has 0 saturated carbocycles. The summed E-state index contributed by atoms with van der Waals surface area (Å²) in [5.74, 6) is -0.662. The summed E-state index contributed by atoms with van der Waals surface area (Å²) in [4.78, 5) is 13.7. The molecule has 2 rings (SSSR count). The fourth-order valence-electron chi connectivity index (χ4n) is 1.92. The van der Waals surface area contributed by atoms with Crippen LogP contribution in [-0.4, -0.2) is 36.5 Å². The van der Waals surface area contributed by atoms with Gasteiger partial charge >= 0.3 is 0 Å². The molecule has 1 heterocycles. The van der Waals surface area contributed by atoms with Crippen LogP contribution in [0.5, 0.6) is 0 Å². The second-order valence-corrected chi connectivity index (χ2v) is 4.09. The van der Waals surface area contributed by atoms with Crippen LogP contribution in [0.3, 0.4) is 0 Å². The molecule has 1 aromatic carbocycles. The number of rotatable bonds is 1. The van der Waals surface area contributed by atoms with Crippen LogP contribution in [0.25, 0.3) is 0 Å². The Labute approximate surface area is 94.3 Å². The summed E-state index contributed by atoms with van der Waals surface area (Å²) in [6.07, 6.45) is 0. The van der Waals surface area contributed by atoms with Gasteiger partial charge in [0, 0.05) is 25.7 Å². The summed E-state index contributed by atoms with van der Waals surface area (Å²) >= 11 is 0. The standard InChI is InChI=1S/C12H15FN2O/c1-9-8-15(7-6-14-9)12(16)10-4-2-3-5-11(10)13/h2-5,9,14H,6-8H2,1H3/t9-/m1/s1. The Morgan fingerprint density at radius 1 is 1.50 bits per heavy atom. The molecular formula is C12H15FN2O. The average Bonchev–Trinajstić information content (AvgIpc) is 2.29. The summed E-state index contributed by atoms with van der Waals surface area (Å²) in [5, 5.41) is 3.25. The maximum absolute atomic E-state index is 13.4. The first kappa shape index (κ1) is 11.1. The molecule has 0 unspecified atom stereocenters. The number of piperazine rings is 1. The van der Waals surface area contributed by atoms with Gasteiger partial charge in [0.15, 0.2) is 0 Å². The number of carbonyl (C=O) groups is 1. The number of hydrogen-bond donors (Lipinski definition) is 1. The summed E-state index contributed by atoms with van der Waals surface area (Å²) < 4.78 is 13.4. The Hall–Kier alpha value is -1.42. The van der Waals surface area contributed by atoms with Gasteiger partial charge in [0.05, 0.1) is 5.56 Å². The number of halogens is 1. The maximum Gasteiger partial charge on any atom is 0.256 e. The number of nitrogens with one attached hydrogen (secondary N) is 1. The van der Waals surface area contributed by atoms with Crippen LogP contribution >= 0.6 is 0 Å². The fourth-order valence-corrected chi connectivity index (χ4v) is 1.92. The lowest BCUT2D eigenvalue weighted by Gasteiger charge is -2.32. The zero-order chi connectivity index (χ0) is 11.5. The van der Waals surface area contributed by atoms with Crippen molar-refractivity contribution < 1.29 is 9.18 Å². The monoisotopic (exact) mass is 222 g/mol. The summed E-state index contributed by atoms with van der Waals surface area (Å²) in [6, 6.07) is 6.39. The molecule has 1 saturated heterocycles. The first-order valence-corrected chi connectivity index (χ1v) is 5.45. The van der Waals surface area contributed by atoms with E-state index in [2.05, 4.69) is 5.32 Å². The van der Waals surface area contributed by atoms with Crippen LogP contribution in [0.4, 0.5) is 4.39 Å². The van der Waals surface area contributed by atoms with Gasteiger partial charge in [0.2, 0.25) is 0 Å². The van der Waals surface area contributed by atoms with Gasteiger partial charge in [-0.25, -0.2) is 4.39 Å². The topological polar surface area (TPSA) is 32.3 Å². The van der Waals surface area contributed by atoms with Crippen LogP contribution in [-0.2, 0) is 0 Å². The molecule has 1 aliphatic rings. The lowest BCUT2D eigenvalue weighted by atomic mass is 10.1. The Balaban J connectivity index is 2.16. The minimum Gasteiger partial charge on any atom is -0.336 e. The van der Waals surface area contributed by atoms with Crippen molar-refractivity contribution in [1.29, 1.82) is 0 Å². The Morgan fingerprint density at radius 3 is 2.94 bits per heavy atom. The predicted octanol–water partition coefficient (Wildman–Crippen LogP) is 1.26. The third-order valence-corrected chi connectivity index (χ3v) is 2.76. The summed E-state index contributed by atoms with van der Waals surface area (Å²) in [5.41, 5.74) is 0.164. The maximum atomic E-state index is 13.4. The van der Waals surface area contributed by atoms with E-state index in [1.165, 1.54) is 12.1 Å². The minimum atomic E-state index is -0.446. The second-order valence-electron chi connectivity index (χ2n) is 4.09. The van der Waals surface area contributed by atoms with Crippen molar-refractivity contribution in [1.82, 2.24) is 10.2 Å². The Bertz CT molecular complexity index is 394. The molecule has 0 radical (unpaired) electrons. The quantitative estimate of drug-likeness (QED) is 0.776. The molecule has 1 atom stereocenters. The number of hydrogen-bond acceptors (Lipinski definition) is 2. The van der Waals surface area contributed by atoms with E-state index in [4.69, 9.17) is 0 Å². The van der Waals surface area contributed by atoms with Crippen molar-refractivity contribution in [2.24, 2.45) is 0 Å². The third kappa shape index (κ3) is 2.22. The zero-order valence-corrected chi connectivity index (χ0v) is 9.24. The van der Waals surface area contributed by atoms with Gasteiger partial charge in [-0.05, 0) is 19.1 Å². The lowest BCUT2D eigenvalue weighted by Crippen LogP contribution is -2.51. The number of nitrogens with zero attached hydrogens (tertiary/aromatic N) is 1. The van der Waals surface area contributed by atoms with E-state index in [1.54, 1.807) is 17.0 Å². The molecule has 16 heavy (non-hydrogen) atoms. The molecule has 1 N–H and O–H groups in total. The first-order chi connectivity index (χ1) is 7.68. The van der Waals surface area contributed by atoms with E-state index < -0.39 is 5.82 Å². The number of amides is 1. The molecule has 0 aromatic heterocycles. The van der Waals surface area contributed by atoms with Gasteiger partial charge < -0.3 is 10.2 Å². The van der Waals surface area contributed by atoms with E-state index in [-0.39, 0.29) is 17.5 Å². The van der Waals surface area contributed by atoms with Gasteiger partial charge in [-0.2, -0.15) is 0 Å². The van der Waals surface area contributed by atoms with Crippen molar-refractivity contribution in [2.75, 3.05) is 19.6 Å². The Morgan fingerprint density at radius 2 is 2.25 bits per heavy atom. The largest absolute Gasteiger partial charge is 0.336 e. The molecule has 3 nitrogen and oxygen atoms in total. The van der Waals surface area contributed by atoms with Crippen LogP contribution in [0.15, 0.2) is 24.3 Å². The van der Waals surface area contributed by atoms with Crippen molar-refractivity contribution in [2.45, 2.75) is 13.0 Å². The molecule has 0 bridgehead atoms.